The van der Waals surface area contributed by atoms with Crippen molar-refractivity contribution in [3.8, 4) is 11.4 Å². The number of halogens is 5. The molecule has 1 aliphatic carbocycles. The number of aliphatic hydroxyl groups is 1. The number of amides is 2. The van der Waals surface area contributed by atoms with Gasteiger partial charge < -0.3 is 15.3 Å². The van der Waals surface area contributed by atoms with E-state index in [1.807, 2.05) is 11.8 Å². The topological polar surface area (TPSA) is 112 Å². The van der Waals surface area contributed by atoms with Crippen molar-refractivity contribution >= 4 is 34.4 Å². The first-order chi connectivity index (χ1) is 17.5. The lowest BCUT2D eigenvalue weighted by molar-refractivity contribution is -0.141. The van der Waals surface area contributed by atoms with E-state index in [2.05, 4.69) is 25.6 Å². The number of piperidine rings is 1. The fraction of sp³-hybridized carbons (Fsp3) is 0.545. The van der Waals surface area contributed by atoms with Crippen molar-refractivity contribution in [3.05, 3.63) is 24.7 Å². The summed E-state index contributed by atoms with van der Waals surface area (Å²) in [4.78, 5) is 18.7. The summed E-state index contributed by atoms with van der Waals surface area (Å²) in [6.07, 6.45) is -2.83. The molecule has 3 aromatic rings. The van der Waals surface area contributed by atoms with Crippen molar-refractivity contribution in [2.45, 2.75) is 56.0 Å². The van der Waals surface area contributed by atoms with E-state index in [4.69, 9.17) is 0 Å². The van der Waals surface area contributed by atoms with Crippen molar-refractivity contribution in [2.75, 3.05) is 23.4 Å². The summed E-state index contributed by atoms with van der Waals surface area (Å²) in [7, 11) is 0. The molecule has 15 heteroatoms. The number of thioether (sulfide) groups is 1. The number of rotatable bonds is 4. The second-order valence-corrected chi connectivity index (χ2v) is 10.7. The van der Waals surface area contributed by atoms with Crippen LogP contribution in [0.5, 0.6) is 0 Å². The van der Waals surface area contributed by atoms with E-state index in [0.717, 1.165) is 4.68 Å². The Balaban J connectivity index is 0.000000872. The van der Waals surface area contributed by atoms with Crippen LogP contribution >= 0.6 is 11.8 Å². The number of urea groups is 1. The highest BCUT2D eigenvalue weighted by Gasteiger charge is 2.60. The quantitative estimate of drug-likeness (QED) is 0.334. The Kier molecular flexibility index (Phi) is 6.54. The summed E-state index contributed by atoms with van der Waals surface area (Å²) < 4.78 is 66.0. The fourth-order valence-electron chi connectivity index (χ4n) is 4.55. The number of aromatic amines is 1. The van der Waals surface area contributed by atoms with Crippen LogP contribution < -0.4 is 5.32 Å². The zero-order valence-corrected chi connectivity index (χ0v) is 20.2. The lowest BCUT2D eigenvalue weighted by Crippen LogP contribution is -2.57. The van der Waals surface area contributed by atoms with Crippen LogP contribution in [0.4, 0.5) is 32.4 Å². The van der Waals surface area contributed by atoms with E-state index >= 15 is 0 Å². The Bertz CT molecular complexity index is 1290. The maximum atomic E-state index is 13.3. The number of aromatic nitrogens is 5. The molecule has 37 heavy (non-hydrogen) atoms. The van der Waals surface area contributed by atoms with Gasteiger partial charge in [0.1, 0.15) is 17.8 Å². The van der Waals surface area contributed by atoms with Crippen LogP contribution in [0.25, 0.3) is 22.3 Å². The van der Waals surface area contributed by atoms with E-state index in [1.165, 1.54) is 41.1 Å². The Morgan fingerprint density at radius 3 is 2.57 bits per heavy atom. The van der Waals surface area contributed by atoms with Gasteiger partial charge in [0, 0.05) is 41.6 Å². The summed E-state index contributed by atoms with van der Waals surface area (Å²) in [6.45, 7) is -1.31. The minimum absolute atomic E-state index is 0.0410. The van der Waals surface area contributed by atoms with Gasteiger partial charge in [-0.2, -0.15) is 35.1 Å². The molecule has 1 unspecified atom stereocenters. The van der Waals surface area contributed by atoms with Crippen molar-refractivity contribution in [3.63, 3.8) is 0 Å². The number of alkyl halides is 5. The predicted molar refractivity (Wildman–Crippen MR) is 126 cm³/mol. The molecule has 5 heterocycles. The van der Waals surface area contributed by atoms with Crippen LogP contribution in [-0.2, 0) is 6.54 Å². The molecule has 3 N–H and O–H groups in total. The van der Waals surface area contributed by atoms with Gasteiger partial charge >= 0.3 is 12.2 Å². The average Bonchev–Trinajstić information content (AvgIpc) is 3.76. The predicted octanol–water partition coefficient (Wildman–Crippen LogP) is 4.27. The number of anilines is 1. The minimum Gasteiger partial charge on any atom is -0.384 e. The monoisotopic (exact) mass is 545 g/mol. The van der Waals surface area contributed by atoms with Gasteiger partial charge in [0.2, 0.25) is 0 Å². The molecule has 0 aromatic carbocycles. The second kappa shape index (κ2) is 9.42. The van der Waals surface area contributed by atoms with Gasteiger partial charge in [-0.3, -0.25) is 14.8 Å². The number of nitrogens with one attached hydrogen (secondary N) is 2. The Labute approximate surface area is 211 Å². The van der Waals surface area contributed by atoms with Gasteiger partial charge in [-0.15, -0.1) is 0 Å². The Morgan fingerprint density at radius 2 is 1.95 bits per heavy atom. The number of carbonyl (C=O) groups excluding carboxylic acids is 1. The normalized spacial score (nSPS) is 22.2. The van der Waals surface area contributed by atoms with Gasteiger partial charge in [-0.1, -0.05) is 0 Å². The number of likely N-dealkylation sites (tertiary alicyclic amines) is 1. The summed E-state index contributed by atoms with van der Waals surface area (Å²) in [5.74, 6) is 2.83. The first kappa shape index (κ1) is 25.7. The summed E-state index contributed by atoms with van der Waals surface area (Å²) in [5.41, 5.74) is -2.01. The largest absolute Gasteiger partial charge is 0.408 e. The van der Waals surface area contributed by atoms with Crippen molar-refractivity contribution < 1.29 is 31.9 Å². The number of hydrogen-bond acceptors (Lipinski definition) is 6. The summed E-state index contributed by atoms with van der Waals surface area (Å²) in [6, 6.07) is 0.864. The number of nitrogens with zero attached hydrogens (tertiary/aromatic N) is 5. The van der Waals surface area contributed by atoms with E-state index < -0.39 is 36.3 Å². The molecule has 0 bridgehead atoms. The van der Waals surface area contributed by atoms with Crippen LogP contribution in [0.15, 0.2) is 24.7 Å². The molecule has 3 fully saturated rings. The molecule has 0 radical (unpaired) electrons. The third-order valence-electron chi connectivity index (χ3n) is 6.65. The first-order valence-electron chi connectivity index (χ1n) is 11.6. The molecule has 3 aromatic heterocycles. The highest BCUT2D eigenvalue weighted by molar-refractivity contribution is 8.06. The van der Waals surface area contributed by atoms with Gasteiger partial charge in [0.25, 0.3) is 6.43 Å². The standard InChI is InChI=1S/C20H20F5N7O2.C2H4S/c21-16(22)19(34)3-4-31(18(9-19)1-2-18)17(33)29-13-8-27-30-15(13)12-5-14-11(6-26-12)7-28-32(14)10-20(23,24)25;1-2-3-1/h5-8,16,34H,1-4,9-10H2,(H,27,30)(H,29,33);1-2H2. The van der Waals surface area contributed by atoms with Crippen LogP contribution in [-0.4, -0.2) is 82.8 Å². The smallest absolute Gasteiger partial charge is 0.384 e. The fourth-order valence-corrected chi connectivity index (χ4v) is 4.55. The van der Waals surface area contributed by atoms with Crippen LogP contribution in [0, 0.1) is 0 Å². The minimum atomic E-state index is -4.46. The molecule has 1 saturated carbocycles. The molecule has 1 atom stereocenters. The second-order valence-electron chi connectivity index (χ2n) is 9.45. The van der Waals surface area contributed by atoms with E-state index in [-0.39, 0.29) is 42.0 Å². The van der Waals surface area contributed by atoms with Crippen molar-refractivity contribution in [1.82, 2.24) is 29.9 Å². The molecule has 2 aliphatic heterocycles. The zero-order valence-electron chi connectivity index (χ0n) is 19.4. The third kappa shape index (κ3) is 5.51. The lowest BCUT2D eigenvalue weighted by atomic mass is 9.85. The lowest BCUT2D eigenvalue weighted by Gasteiger charge is -2.44. The van der Waals surface area contributed by atoms with Gasteiger partial charge in [0.15, 0.2) is 0 Å². The molecule has 9 nitrogen and oxygen atoms in total. The van der Waals surface area contributed by atoms with Gasteiger partial charge in [-0.25, -0.2) is 13.6 Å². The maximum absolute atomic E-state index is 13.3. The number of hydrogen-bond donors (Lipinski definition) is 3. The van der Waals surface area contributed by atoms with Gasteiger partial charge in [-0.05, 0) is 25.3 Å². The molecule has 2 amide bonds. The highest BCUT2D eigenvalue weighted by Crippen LogP contribution is 2.52. The molecule has 1 spiro atoms. The molecule has 3 aliphatic rings. The van der Waals surface area contributed by atoms with Gasteiger partial charge in [0.05, 0.1) is 29.3 Å². The van der Waals surface area contributed by atoms with Crippen LogP contribution in [0.1, 0.15) is 25.7 Å². The van der Waals surface area contributed by atoms with Crippen molar-refractivity contribution in [2.24, 2.45) is 0 Å². The SMILES string of the molecule is C1CS1.O=C(Nc1cn[nH]c1-c1cc2c(cn1)cnn2CC(F)(F)F)N1CCC(O)(C(F)F)CC12CC2. The summed E-state index contributed by atoms with van der Waals surface area (Å²) >= 11 is 2.00. The molecule has 200 valence electrons. The number of carbonyl (C=O) groups is 1. The molecular formula is C22H24F5N7O2S. The molecule has 2 saturated heterocycles. The number of H-pyrrole nitrogens is 1. The first-order valence-corrected chi connectivity index (χ1v) is 12.7. The van der Waals surface area contributed by atoms with Crippen LogP contribution in [0.3, 0.4) is 0 Å². The summed E-state index contributed by atoms with van der Waals surface area (Å²) in [5, 5.41) is 23.7. The van der Waals surface area contributed by atoms with Crippen molar-refractivity contribution in [1.29, 1.82) is 0 Å². The zero-order chi connectivity index (χ0) is 26.4. The molecular weight excluding hydrogens is 521 g/mol. The maximum Gasteiger partial charge on any atom is 0.408 e. The third-order valence-corrected chi connectivity index (χ3v) is 7.06. The highest BCUT2D eigenvalue weighted by atomic mass is 32.2. The molecule has 6 rings (SSSR count). The number of fused-ring (bicyclic) bond motifs is 1. The van der Waals surface area contributed by atoms with Crippen LogP contribution in [0.2, 0.25) is 0 Å². The average molecular weight is 546 g/mol. The number of pyridine rings is 1. The van der Waals surface area contributed by atoms with E-state index in [0.29, 0.717) is 18.2 Å². The Morgan fingerprint density at radius 1 is 1.22 bits per heavy atom. The van der Waals surface area contributed by atoms with E-state index in [9.17, 15) is 31.9 Å². The van der Waals surface area contributed by atoms with E-state index in [1.54, 1.807) is 0 Å². The Hall–Kier alpha value is -2.94.